The third-order valence-electron chi connectivity index (χ3n) is 6.66. The molecule has 7 heteroatoms. The monoisotopic (exact) mass is 492 g/mol. The molecule has 4 aromatic carbocycles. The van der Waals surface area contributed by atoms with Crippen molar-refractivity contribution < 1.29 is 14.0 Å². The van der Waals surface area contributed by atoms with Gasteiger partial charge in [0.15, 0.2) is 11.6 Å². The first-order valence-electron chi connectivity index (χ1n) is 11.9. The molecule has 2 heterocycles. The molecule has 0 N–H and O–H groups in total. The minimum atomic E-state index is -0.332. The van der Waals surface area contributed by atoms with Crippen LogP contribution in [0.4, 0.5) is 0 Å². The van der Waals surface area contributed by atoms with Crippen LogP contribution in [-0.2, 0) is 0 Å². The van der Waals surface area contributed by atoms with Crippen LogP contribution in [-0.4, -0.2) is 26.1 Å². The zero-order valence-electron chi connectivity index (χ0n) is 19.8. The fraction of sp³-hybridized carbons (Fsp3) is 0. The maximum Gasteiger partial charge on any atom is 0.267 e. The van der Waals surface area contributed by atoms with Crippen molar-refractivity contribution in [1.29, 1.82) is 5.26 Å². The van der Waals surface area contributed by atoms with E-state index >= 15 is 0 Å². The number of oxazole rings is 1. The summed E-state index contributed by atoms with van der Waals surface area (Å²) in [6, 6.07) is 29.6. The van der Waals surface area contributed by atoms with Gasteiger partial charge in [0, 0.05) is 22.4 Å². The molecule has 0 saturated heterocycles. The predicted octanol–water partition coefficient (Wildman–Crippen LogP) is 6.17. The number of rotatable bonds is 3. The second-order valence-corrected chi connectivity index (χ2v) is 8.94. The van der Waals surface area contributed by atoms with Crippen LogP contribution in [0, 0.1) is 11.3 Å². The Morgan fingerprint density at radius 2 is 1.42 bits per heavy atom. The highest BCUT2D eigenvalue weighted by Gasteiger charge is 2.34. The molecule has 6 aromatic rings. The summed E-state index contributed by atoms with van der Waals surface area (Å²) in [5.41, 5.74) is 3.53. The predicted molar refractivity (Wildman–Crippen MR) is 142 cm³/mol. The molecule has 38 heavy (non-hydrogen) atoms. The van der Waals surface area contributed by atoms with Crippen LogP contribution in [0.3, 0.4) is 0 Å². The van der Waals surface area contributed by atoms with Gasteiger partial charge in [-0.2, -0.15) is 15.2 Å². The fourth-order valence-corrected chi connectivity index (χ4v) is 4.79. The number of imidazole rings is 1. The molecule has 0 amide bonds. The van der Waals surface area contributed by atoms with E-state index in [1.54, 1.807) is 41.0 Å². The lowest BCUT2D eigenvalue weighted by molar-refractivity contribution is 0.0990. The highest BCUT2D eigenvalue weighted by molar-refractivity contribution is 6.42. The number of carbonyl (C=O) groups is 2. The molecule has 0 aliphatic heterocycles. The van der Waals surface area contributed by atoms with Gasteiger partial charge in [0.25, 0.3) is 5.71 Å². The molecule has 0 spiro atoms. The Balaban J connectivity index is 1.38. The molecule has 0 fully saturated rings. The first-order chi connectivity index (χ1) is 18.6. The minimum absolute atomic E-state index is 0.0486. The number of Topliss-reactive ketones (excluding diaryl/α,β-unsaturated/α-hetero) is 2. The van der Waals surface area contributed by atoms with Gasteiger partial charge in [-0.3, -0.25) is 14.2 Å². The number of fused-ring (bicyclic) bond motifs is 3. The highest BCUT2D eigenvalue weighted by Crippen LogP contribution is 2.33. The largest absolute Gasteiger partial charge is 0.416 e. The normalized spacial score (nSPS) is 12.8. The lowest BCUT2D eigenvalue weighted by atomic mass is 10.0. The van der Waals surface area contributed by atoms with Crippen LogP contribution < -0.4 is 0 Å². The van der Waals surface area contributed by atoms with Crippen molar-refractivity contribution in [3.63, 3.8) is 0 Å². The number of benzene rings is 4. The molecular formula is C31H16N4O3. The van der Waals surface area contributed by atoms with Gasteiger partial charge in [0.05, 0.1) is 17.2 Å². The summed E-state index contributed by atoms with van der Waals surface area (Å²) in [4.78, 5) is 36.0. The zero-order valence-corrected chi connectivity index (χ0v) is 19.8. The van der Waals surface area contributed by atoms with Gasteiger partial charge in [-0.05, 0) is 65.4 Å². The van der Waals surface area contributed by atoms with Gasteiger partial charge in [0.2, 0.25) is 11.5 Å². The zero-order chi connectivity index (χ0) is 25.8. The van der Waals surface area contributed by atoms with Gasteiger partial charge < -0.3 is 4.42 Å². The number of nitrogens with zero attached hydrogens (tertiary/aromatic N) is 4. The summed E-state index contributed by atoms with van der Waals surface area (Å²) in [7, 11) is 0. The Hall–Kier alpha value is -5.61. The topological polar surface area (TPSA) is 102 Å². The molecule has 0 radical (unpaired) electrons. The minimum Gasteiger partial charge on any atom is -0.416 e. The van der Waals surface area contributed by atoms with Crippen molar-refractivity contribution >= 4 is 39.8 Å². The third-order valence-corrected chi connectivity index (χ3v) is 6.66. The molecule has 2 aromatic heterocycles. The Labute approximate surface area is 215 Å². The molecular weight excluding hydrogens is 476 g/mol. The molecule has 178 valence electrons. The number of hydrogen-bond donors (Lipinski definition) is 0. The molecule has 1 aliphatic rings. The van der Waals surface area contributed by atoms with Crippen LogP contribution in [0.25, 0.3) is 45.4 Å². The quantitative estimate of drug-likeness (QED) is 0.216. The summed E-state index contributed by atoms with van der Waals surface area (Å²) < 4.78 is 7.74. The number of allylic oxidation sites excluding steroid dienone is 1. The number of aromatic nitrogens is 3. The average Bonchev–Trinajstić information content (AvgIpc) is 3.59. The third kappa shape index (κ3) is 3.29. The van der Waals surface area contributed by atoms with Gasteiger partial charge >= 0.3 is 0 Å². The van der Waals surface area contributed by atoms with Gasteiger partial charge in [-0.15, -0.1) is 0 Å². The van der Waals surface area contributed by atoms with Crippen molar-refractivity contribution in [2.75, 3.05) is 0 Å². The van der Waals surface area contributed by atoms with Gasteiger partial charge in [-0.25, -0.2) is 0 Å². The fourth-order valence-electron chi connectivity index (χ4n) is 4.79. The number of para-hydroxylation sites is 1. The summed E-state index contributed by atoms with van der Waals surface area (Å²) in [5, 5.41) is 10.9. The van der Waals surface area contributed by atoms with Crippen molar-refractivity contribution in [1.82, 2.24) is 14.5 Å². The van der Waals surface area contributed by atoms with Crippen LogP contribution in [0.2, 0.25) is 0 Å². The van der Waals surface area contributed by atoms with E-state index in [1.807, 2.05) is 54.6 Å². The smallest absolute Gasteiger partial charge is 0.267 e. The van der Waals surface area contributed by atoms with Crippen molar-refractivity contribution in [3.05, 3.63) is 119 Å². The molecule has 0 saturated carbocycles. The Kier molecular flexibility index (Phi) is 4.68. The van der Waals surface area contributed by atoms with Crippen molar-refractivity contribution in [2.45, 2.75) is 0 Å². The van der Waals surface area contributed by atoms with E-state index in [2.05, 4.69) is 16.0 Å². The lowest BCUT2D eigenvalue weighted by Crippen LogP contribution is -2.04. The molecule has 0 bridgehead atoms. The second-order valence-electron chi connectivity index (χ2n) is 8.94. The Bertz CT molecular complexity index is 1950. The molecule has 7 nitrogen and oxygen atoms in total. The summed E-state index contributed by atoms with van der Waals surface area (Å²) in [6.07, 6.45) is 1.51. The number of ketones is 2. The molecule has 0 unspecified atom stereocenters. The summed E-state index contributed by atoms with van der Waals surface area (Å²) in [6.45, 7) is 0. The van der Waals surface area contributed by atoms with Crippen molar-refractivity contribution in [2.24, 2.45) is 0 Å². The van der Waals surface area contributed by atoms with Gasteiger partial charge in [-0.1, -0.05) is 42.5 Å². The van der Waals surface area contributed by atoms with E-state index in [1.165, 1.54) is 6.08 Å². The number of nitriles is 1. The van der Waals surface area contributed by atoms with E-state index in [0.29, 0.717) is 39.6 Å². The maximum absolute atomic E-state index is 13.4. The van der Waals surface area contributed by atoms with E-state index < -0.39 is 0 Å². The Morgan fingerprint density at radius 3 is 2.05 bits per heavy atom. The molecule has 1 aliphatic carbocycles. The second kappa shape index (κ2) is 8.22. The first-order valence-corrected chi connectivity index (χ1v) is 11.9. The molecule has 7 rings (SSSR count). The van der Waals surface area contributed by atoms with E-state index in [-0.39, 0.29) is 22.9 Å². The van der Waals surface area contributed by atoms with Crippen LogP contribution in [0.15, 0.2) is 101 Å². The summed E-state index contributed by atoms with van der Waals surface area (Å²) >= 11 is 0. The van der Waals surface area contributed by atoms with Crippen LogP contribution >= 0.6 is 0 Å². The number of carbonyl (C=O) groups excluding carboxylic acids is 2. The SMILES string of the molecule is N#Cc1ccc(-c2nc3c(nc(C=C4C(=O)c5cc6ccccc6cc5C4=O)n3-c3ccccc3)o2)cc1. The first kappa shape index (κ1) is 21.7. The highest BCUT2D eigenvalue weighted by atomic mass is 16.4. The summed E-state index contributed by atoms with van der Waals surface area (Å²) in [5.74, 6) is 0.0447. The standard InChI is InChI=1S/C31H16N4O3/c32-17-18-10-12-19(13-11-18)30-34-29-31(38-30)33-26(35(29)22-8-2-1-3-9-22)16-25-27(36)23-14-20-6-4-5-7-21(20)15-24(23)28(25)37/h1-16H. The van der Waals surface area contributed by atoms with Crippen LogP contribution in [0.5, 0.6) is 0 Å². The van der Waals surface area contributed by atoms with Crippen molar-refractivity contribution in [3.8, 4) is 23.2 Å². The van der Waals surface area contributed by atoms with Crippen LogP contribution in [0.1, 0.15) is 32.1 Å². The average molecular weight is 492 g/mol. The Morgan fingerprint density at radius 1 is 0.789 bits per heavy atom. The maximum atomic E-state index is 13.4. The lowest BCUT2D eigenvalue weighted by Gasteiger charge is -2.05. The van der Waals surface area contributed by atoms with Gasteiger partial charge in [0.1, 0.15) is 5.82 Å². The van der Waals surface area contributed by atoms with E-state index in [4.69, 9.17) is 9.68 Å². The number of hydrogen-bond acceptors (Lipinski definition) is 6. The van der Waals surface area contributed by atoms with E-state index in [0.717, 1.165) is 16.5 Å². The molecule has 0 atom stereocenters. The van der Waals surface area contributed by atoms with E-state index in [9.17, 15) is 9.59 Å².